The fourth-order valence-corrected chi connectivity index (χ4v) is 3.49. The van der Waals surface area contributed by atoms with Gasteiger partial charge in [0, 0.05) is 6.61 Å². The zero-order chi connectivity index (χ0) is 27.3. The number of hydrogen-bond donors (Lipinski definition) is 0. The molecule has 0 aliphatic carbocycles. The highest BCUT2D eigenvalue weighted by molar-refractivity contribution is 5.71. The van der Waals surface area contributed by atoms with Gasteiger partial charge in [-0.15, -0.1) is 0 Å². The van der Waals surface area contributed by atoms with Crippen molar-refractivity contribution in [1.29, 1.82) is 0 Å². The molecule has 8 heteroatoms. The van der Waals surface area contributed by atoms with Gasteiger partial charge in [0.2, 0.25) is 0 Å². The van der Waals surface area contributed by atoms with Gasteiger partial charge in [-0.2, -0.15) is 0 Å². The van der Waals surface area contributed by atoms with Crippen LogP contribution in [-0.2, 0) is 38.0 Å². The van der Waals surface area contributed by atoms with Crippen molar-refractivity contribution >= 4 is 5.97 Å². The van der Waals surface area contributed by atoms with Gasteiger partial charge in [0.05, 0.1) is 66.1 Å². The van der Waals surface area contributed by atoms with Crippen LogP contribution in [-0.4, -0.2) is 90.9 Å². The molecule has 0 N–H and O–H groups in total. The van der Waals surface area contributed by atoms with Gasteiger partial charge < -0.3 is 33.2 Å². The third kappa shape index (κ3) is 33.2. The Morgan fingerprint density at radius 1 is 0.459 bits per heavy atom. The second-order valence-electron chi connectivity index (χ2n) is 10.2. The summed E-state index contributed by atoms with van der Waals surface area (Å²) in [6, 6.07) is 0. The minimum atomic E-state index is -0.495. The van der Waals surface area contributed by atoms with Crippen LogP contribution in [0, 0.1) is 0 Å². The van der Waals surface area contributed by atoms with Crippen molar-refractivity contribution in [2.24, 2.45) is 0 Å². The maximum absolute atomic E-state index is 11.5. The van der Waals surface area contributed by atoms with Crippen LogP contribution < -0.4 is 0 Å². The van der Waals surface area contributed by atoms with Crippen LogP contribution >= 0.6 is 0 Å². The lowest BCUT2D eigenvalue weighted by atomic mass is 10.1. The normalized spacial score (nSPS) is 11.8. The molecule has 0 unspecified atom stereocenters. The van der Waals surface area contributed by atoms with Gasteiger partial charge in [0.1, 0.15) is 12.2 Å². The molecule has 0 rings (SSSR count). The first-order chi connectivity index (χ1) is 18.0. The molecule has 0 aromatic carbocycles. The number of esters is 1. The van der Waals surface area contributed by atoms with E-state index in [1.807, 2.05) is 20.8 Å². The Labute approximate surface area is 227 Å². The van der Waals surface area contributed by atoms with Crippen LogP contribution in [0.5, 0.6) is 0 Å². The van der Waals surface area contributed by atoms with Gasteiger partial charge in [-0.25, -0.2) is 4.79 Å². The maximum Gasteiger partial charge on any atom is 0.332 e. The largest absolute Gasteiger partial charge is 0.458 e. The molecule has 0 atom stereocenters. The topological polar surface area (TPSA) is 81.7 Å². The number of hydrogen-bond acceptors (Lipinski definition) is 8. The predicted octanol–water partition coefficient (Wildman–Crippen LogP) is 5.74. The van der Waals surface area contributed by atoms with Gasteiger partial charge in [0.15, 0.2) is 0 Å². The highest BCUT2D eigenvalue weighted by atomic mass is 16.6. The van der Waals surface area contributed by atoms with Crippen LogP contribution in [0.4, 0.5) is 0 Å². The zero-order valence-electron chi connectivity index (χ0n) is 24.5. The van der Waals surface area contributed by atoms with Crippen molar-refractivity contribution in [2.75, 3.05) is 79.3 Å². The summed E-state index contributed by atoms with van der Waals surface area (Å²) in [5, 5.41) is 0. The van der Waals surface area contributed by atoms with E-state index in [2.05, 4.69) is 6.92 Å². The Hall–Kier alpha value is -0.770. The molecule has 0 spiro atoms. The summed E-state index contributed by atoms with van der Waals surface area (Å²) in [6.07, 6.45) is 14.9. The minimum Gasteiger partial charge on any atom is -0.458 e. The van der Waals surface area contributed by atoms with E-state index >= 15 is 0 Å². The second-order valence-corrected chi connectivity index (χ2v) is 10.2. The fraction of sp³-hybridized carbons (Fsp3) is 0.966. The lowest BCUT2D eigenvalue weighted by Gasteiger charge is -2.19. The lowest BCUT2D eigenvalue weighted by molar-refractivity contribution is -0.160. The minimum absolute atomic E-state index is 0.0648. The molecule has 0 bridgehead atoms. The summed E-state index contributed by atoms with van der Waals surface area (Å²) in [6.45, 7) is 13.6. The highest BCUT2D eigenvalue weighted by Gasteiger charge is 2.15. The van der Waals surface area contributed by atoms with Crippen molar-refractivity contribution in [3.63, 3.8) is 0 Å². The number of carbonyl (C=O) groups is 1. The SMILES string of the molecule is CCCCCCCCCCCCCOCCOCCOCCOCCOCCOCC(=O)OC(C)(C)C. The van der Waals surface area contributed by atoms with Crippen molar-refractivity contribution in [3.8, 4) is 0 Å². The number of ether oxygens (including phenoxy) is 7. The van der Waals surface area contributed by atoms with E-state index < -0.39 is 5.60 Å². The number of rotatable bonds is 29. The molecule has 0 fully saturated rings. The molecule has 0 aliphatic heterocycles. The van der Waals surface area contributed by atoms with Crippen molar-refractivity contribution < 1.29 is 38.0 Å². The zero-order valence-corrected chi connectivity index (χ0v) is 24.5. The Balaban J connectivity index is 3.09. The van der Waals surface area contributed by atoms with E-state index in [1.54, 1.807) is 0 Å². The molecule has 0 aromatic heterocycles. The highest BCUT2D eigenvalue weighted by Crippen LogP contribution is 2.11. The van der Waals surface area contributed by atoms with Crippen LogP contribution in [0.25, 0.3) is 0 Å². The van der Waals surface area contributed by atoms with E-state index in [0.29, 0.717) is 66.1 Å². The summed E-state index contributed by atoms with van der Waals surface area (Å²) >= 11 is 0. The second kappa shape index (κ2) is 28.2. The first-order valence-corrected chi connectivity index (χ1v) is 14.6. The van der Waals surface area contributed by atoms with E-state index in [4.69, 9.17) is 33.2 Å². The Morgan fingerprint density at radius 3 is 1.16 bits per heavy atom. The van der Waals surface area contributed by atoms with Crippen LogP contribution in [0.1, 0.15) is 98.3 Å². The molecular formula is C29H58O8. The van der Waals surface area contributed by atoms with Gasteiger partial charge in [-0.3, -0.25) is 0 Å². The van der Waals surface area contributed by atoms with Crippen molar-refractivity contribution in [1.82, 2.24) is 0 Å². The smallest absolute Gasteiger partial charge is 0.332 e. The molecule has 0 heterocycles. The van der Waals surface area contributed by atoms with Gasteiger partial charge in [-0.1, -0.05) is 71.1 Å². The quantitative estimate of drug-likeness (QED) is 0.0888. The van der Waals surface area contributed by atoms with Gasteiger partial charge in [0.25, 0.3) is 0 Å². The average Bonchev–Trinajstić information content (AvgIpc) is 2.84. The summed E-state index contributed by atoms with van der Waals surface area (Å²) in [4.78, 5) is 11.5. The van der Waals surface area contributed by atoms with E-state index in [-0.39, 0.29) is 12.6 Å². The molecular weight excluding hydrogens is 476 g/mol. The Kier molecular flexibility index (Phi) is 27.7. The first kappa shape index (κ1) is 36.2. The number of unbranched alkanes of at least 4 members (excludes halogenated alkanes) is 10. The summed E-state index contributed by atoms with van der Waals surface area (Å²) in [5.74, 6) is -0.371. The monoisotopic (exact) mass is 534 g/mol. The molecule has 0 aliphatic rings. The van der Waals surface area contributed by atoms with E-state index in [0.717, 1.165) is 13.0 Å². The maximum atomic E-state index is 11.5. The molecule has 0 amide bonds. The van der Waals surface area contributed by atoms with Crippen LogP contribution in [0.2, 0.25) is 0 Å². The molecule has 8 nitrogen and oxygen atoms in total. The first-order valence-electron chi connectivity index (χ1n) is 14.6. The number of carbonyl (C=O) groups excluding carboxylic acids is 1. The predicted molar refractivity (Wildman–Crippen MR) is 147 cm³/mol. The van der Waals surface area contributed by atoms with E-state index in [1.165, 1.54) is 64.2 Å². The fourth-order valence-electron chi connectivity index (χ4n) is 3.49. The standard InChI is InChI=1S/C29H58O8/c1-5-6-7-8-9-10-11-12-13-14-15-16-31-17-18-32-19-20-33-21-22-34-23-24-35-25-26-36-27-28(30)37-29(2,3)4/h5-27H2,1-4H3. The molecule has 37 heavy (non-hydrogen) atoms. The lowest BCUT2D eigenvalue weighted by Crippen LogP contribution is -2.27. The summed E-state index contributed by atoms with van der Waals surface area (Å²) in [5.41, 5.74) is -0.495. The Morgan fingerprint density at radius 2 is 0.784 bits per heavy atom. The summed E-state index contributed by atoms with van der Waals surface area (Å²) < 4.78 is 37.8. The third-order valence-corrected chi connectivity index (χ3v) is 5.39. The Bertz CT molecular complexity index is 467. The van der Waals surface area contributed by atoms with Gasteiger partial charge >= 0.3 is 5.97 Å². The molecule has 0 saturated carbocycles. The van der Waals surface area contributed by atoms with E-state index in [9.17, 15) is 4.79 Å². The molecule has 0 saturated heterocycles. The summed E-state index contributed by atoms with van der Waals surface area (Å²) in [7, 11) is 0. The molecule has 0 radical (unpaired) electrons. The van der Waals surface area contributed by atoms with Crippen LogP contribution in [0.15, 0.2) is 0 Å². The molecule has 222 valence electrons. The van der Waals surface area contributed by atoms with Gasteiger partial charge in [-0.05, 0) is 27.2 Å². The van der Waals surface area contributed by atoms with Crippen molar-refractivity contribution in [3.05, 3.63) is 0 Å². The average molecular weight is 535 g/mol. The van der Waals surface area contributed by atoms with Crippen LogP contribution in [0.3, 0.4) is 0 Å². The molecule has 0 aromatic rings. The van der Waals surface area contributed by atoms with Crippen molar-refractivity contribution in [2.45, 2.75) is 104 Å². The third-order valence-electron chi connectivity index (χ3n) is 5.39.